The molecule has 1 amide bonds. The minimum absolute atomic E-state index is 0.0416. The Hall–Kier alpha value is -3.93. The predicted molar refractivity (Wildman–Crippen MR) is 142 cm³/mol. The molecule has 0 aliphatic rings. The molecule has 1 aromatic heterocycles. The zero-order valence-electron chi connectivity index (χ0n) is 19.7. The van der Waals surface area contributed by atoms with E-state index in [2.05, 4.69) is 25.3 Å². The van der Waals surface area contributed by atoms with Gasteiger partial charge in [0.1, 0.15) is 5.75 Å². The van der Waals surface area contributed by atoms with Gasteiger partial charge in [-0.25, -0.2) is 18.4 Å². The molecule has 0 saturated carbocycles. The number of ether oxygens (including phenoxy) is 1. The Bertz CT molecular complexity index is 1550. The molecular weight excluding hydrogens is 518 g/mol. The molecule has 0 aliphatic carbocycles. The number of aromatic hydroxyl groups is 1. The van der Waals surface area contributed by atoms with Crippen molar-refractivity contribution in [3.05, 3.63) is 77.3 Å². The van der Waals surface area contributed by atoms with Crippen LogP contribution < -0.4 is 15.4 Å². The molecule has 4 rings (SSSR count). The van der Waals surface area contributed by atoms with Crippen molar-refractivity contribution < 1.29 is 23.1 Å². The number of sulfonamides is 1. The average molecular weight is 542 g/mol. The van der Waals surface area contributed by atoms with Crippen LogP contribution in [0.5, 0.6) is 5.75 Å². The normalized spacial score (nSPS) is 11.3. The predicted octanol–water partition coefficient (Wildman–Crippen LogP) is 4.30. The maximum absolute atomic E-state index is 13.3. The summed E-state index contributed by atoms with van der Waals surface area (Å²) in [6.45, 7) is 0.886. The lowest BCUT2D eigenvalue weighted by atomic mass is 10.2. The number of phenolic OH excluding ortho intramolecular Hbond substituents is 1. The molecule has 10 nitrogen and oxygen atoms in total. The van der Waals surface area contributed by atoms with Gasteiger partial charge in [-0.1, -0.05) is 29.8 Å². The summed E-state index contributed by atoms with van der Waals surface area (Å²) in [7, 11) is -2.60. The van der Waals surface area contributed by atoms with Crippen LogP contribution in [0.4, 0.5) is 17.3 Å². The lowest BCUT2D eigenvalue weighted by Crippen LogP contribution is -2.25. The van der Waals surface area contributed by atoms with Crippen LogP contribution in [0.15, 0.2) is 71.6 Å². The van der Waals surface area contributed by atoms with Crippen molar-refractivity contribution in [2.45, 2.75) is 11.3 Å². The minimum atomic E-state index is -4.18. The fourth-order valence-corrected chi connectivity index (χ4v) is 4.63. The number of rotatable bonds is 10. The molecule has 0 unspecified atom stereocenters. The first-order valence-corrected chi connectivity index (χ1v) is 13.1. The molecule has 4 N–H and O–H groups in total. The first-order valence-electron chi connectivity index (χ1n) is 11.2. The largest absolute Gasteiger partial charge is 0.508 e. The van der Waals surface area contributed by atoms with Crippen LogP contribution in [0.3, 0.4) is 0 Å². The molecule has 3 aromatic carbocycles. The smallest absolute Gasteiger partial charge is 0.263 e. The standard InChI is InChI=1S/C25H24ClN5O5S/c1-36-13-5-12-27-25(33)16-6-4-7-18(14-16)37(34,35)31-24-23(28-20-8-2-3-9-21(20)29-24)30-22-15-17(32)10-11-19(22)26/h2-4,6-11,14-15,32H,5,12-13H2,1H3,(H,27,33)(H,28,30)(H,29,31). The molecule has 4 aromatic rings. The molecule has 0 radical (unpaired) electrons. The SMILES string of the molecule is COCCCNC(=O)c1cccc(S(=O)(=O)Nc2nc3ccccc3nc2Nc2cc(O)ccc2Cl)c1. The Labute approximate surface area is 218 Å². The monoisotopic (exact) mass is 541 g/mol. The van der Waals surface area contributed by atoms with Crippen molar-refractivity contribution >= 4 is 55.9 Å². The topological polar surface area (TPSA) is 143 Å². The van der Waals surface area contributed by atoms with Crippen LogP contribution in [0.25, 0.3) is 11.0 Å². The van der Waals surface area contributed by atoms with E-state index in [1.54, 1.807) is 31.4 Å². The van der Waals surface area contributed by atoms with Crippen molar-refractivity contribution in [2.75, 3.05) is 30.3 Å². The number of benzene rings is 3. The van der Waals surface area contributed by atoms with Crippen LogP contribution in [0.1, 0.15) is 16.8 Å². The van der Waals surface area contributed by atoms with Crippen molar-refractivity contribution in [2.24, 2.45) is 0 Å². The number of phenols is 1. The van der Waals surface area contributed by atoms with Gasteiger partial charge in [0.2, 0.25) is 0 Å². The molecule has 0 saturated heterocycles. The molecule has 37 heavy (non-hydrogen) atoms. The molecule has 0 fully saturated rings. The highest BCUT2D eigenvalue weighted by atomic mass is 35.5. The summed E-state index contributed by atoms with van der Waals surface area (Å²) in [5, 5.41) is 15.8. The second-order valence-electron chi connectivity index (χ2n) is 7.93. The van der Waals surface area contributed by atoms with Crippen molar-refractivity contribution in [1.29, 1.82) is 0 Å². The van der Waals surface area contributed by atoms with Gasteiger partial charge in [-0.2, -0.15) is 0 Å². The van der Waals surface area contributed by atoms with Gasteiger partial charge in [-0.15, -0.1) is 0 Å². The van der Waals surface area contributed by atoms with Gasteiger partial charge >= 0.3 is 0 Å². The average Bonchev–Trinajstić information content (AvgIpc) is 2.89. The quantitative estimate of drug-likeness (QED) is 0.218. The number of amides is 1. The third-order valence-electron chi connectivity index (χ3n) is 5.22. The molecule has 12 heteroatoms. The van der Waals surface area contributed by atoms with Gasteiger partial charge in [-0.3, -0.25) is 9.52 Å². The number of hydrogen-bond acceptors (Lipinski definition) is 8. The van der Waals surface area contributed by atoms with E-state index in [0.29, 0.717) is 36.3 Å². The van der Waals surface area contributed by atoms with E-state index < -0.39 is 15.9 Å². The Morgan fingerprint density at radius 2 is 1.73 bits per heavy atom. The number of carbonyl (C=O) groups is 1. The van der Waals surface area contributed by atoms with Crippen molar-refractivity contribution in [3.63, 3.8) is 0 Å². The van der Waals surface area contributed by atoms with E-state index in [9.17, 15) is 18.3 Å². The zero-order chi connectivity index (χ0) is 26.4. The van der Waals surface area contributed by atoms with Gasteiger partial charge < -0.3 is 20.5 Å². The Morgan fingerprint density at radius 1 is 1.00 bits per heavy atom. The van der Waals surface area contributed by atoms with E-state index in [1.165, 1.54) is 42.5 Å². The molecule has 1 heterocycles. The van der Waals surface area contributed by atoms with Crippen LogP contribution in [0, 0.1) is 0 Å². The number of para-hydroxylation sites is 2. The maximum Gasteiger partial charge on any atom is 0.263 e. The number of hydrogen-bond donors (Lipinski definition) is 4. The Kier molecular flexibility index (Phi) is 8.07. The van der Waals surface area contributed by atoms with Gasteiger partial charge in [0.15, 0.2) is 11.6 Å². The fraction of sp³-hybridized carbons (Fsp3) is 0.160. The van der Waals surface area contributed by atoms with Gasteiger partial charge in [0, 0.05) is 31.9 Å². The van der Waals surface area contributed by atoms with Gasteiger partial charge in [-0.05, 0) is 48.9 Å². The zero-order valence-corrected chi connectivity index (χ0v) is 21.3. The third kappa shape index (κ3) is 6.45. The van der Waals surface area contributed by atoms with Crippen LogP contribution in [-0.4, -0.2) is 49.7 Å². The van der Waals surface area contributed by atoms with E-state index in [1.807, 2.05) is 0 Å². The van der Waals surface area contributed by atoms with Crippen LogP contribution in [-0.2, 0) is 14.8 Å². The summed E-state index contributed by atoms with van der Waals surface area (Å²) >= 11 is 6.24. The summed E-state index contributed by atoms with van der Waals surface area (Å²) in [6.07, 6.45) is 0.626. The lowest BCUT2D eigenvalue weighted by Gasteiger charge is -2.15. The number of halogens is 1. The number of nitrogens with one attached hydrogen (secondary N) is 3. The summed E-state index contributed by atoms with van der Waals surface area (Å²) in [6, 6.07) is 16.9. The Balaban J connectivity index is 1.66. The Morgan fingerprint density at radius 3 is 2.46 bits per heavy atom. The van der Waals surface area contributed by atoms with Crippen LogP contribution in [0.2, 0.25) is 5.02 Å². The summed E-state index contributed by atoms with van der Waals surface area (Å²) in [5.41, 5.74) is 1.46. The number of nitrogens with zero attached hydrogens (tertiary/aromatic N) is 2. The summed E-state index contributed by atoms with van der Waals surface area (Å²) < 4.78 is 34.1. The van der Waals surface area contributed by atoms with E-state index in [4.69, 9.17) is 16.3 Å². The number of methoxy groups -OCH3 is 1. The number of anilines is 3. The minimum Gasteiger partial charge on any atom is -0.508 e. The highest BCUT2D eigenvalue weighted by molar-refractivity contribution is 7.92. The third-order valence-corrected chi connectivity index (χ3v) is 6.89. The first-order chi connectivity index (χ1) is 17.8. The van der Waals surface area contributed by atoms with E-state index >= 15 is 0 Å². The molecule has 0 bridgehead atoms. The molecular formula is C25H24ClN5O5S. The number of carbonyl (C=O) groups excluding carboxylic acids is 1. The lowest BCUT2D eigenvalue weighted by molar-refractivity contribution is 0.0948. The van der Waals surface area contributed by atoms with Crippen molar-refractivity contribution in [1.82, 2.24) is 15.3 Å². The second-order valence-corrected chi connectivity index (χ2v) is 10.0. The molecule has 192 valence electrons. The van der Waals surface area contributed by atoms with E-state index in [0.717, 1.165) is 0 Å². The van der Waals surface area contributed by atoms with Gasteiger partial charge in [0.25, 0.3) is 15.9 Å². The van der Waals surface area contributed by atoms with E-state index in [-0.39, 0.29) is 32.9 Å². The highest BCUT2D eigenvalue weighted by Crippen LogP contribution is 2.32. The first kappa shape index (κ1) is 26.1. The molecule has 0 aliphatic heterocycles. The molecule has 0 atom stereocenters. The number of aromatic nitrogens is 2. The van der Waals surface area contributed by atoms with Crippen molar-refractivity contribution in [3.8, 4) is 5.75 Å². The maximum atomic E-state index is 13.3. The summed E-state index contributed by atoms with van der Waals surface area (Å²) in [4.78, 5) is 21.3. The molecule has 0 spiro atoms. The second kappa shape index (κ2) is 11.4. The highest BCUT2D eigenvalue weighted by Gasteiger charge is 2.21. The number of fused-ring (bicyclic) bond motifs is 1. The van der Waals surface area contributed by atoms with Gasteiger partial charge in [0.05, 0.1) is 26.6 Å². The fourth-order valence-electron chi connectivity index (χ4n) is 3.41. The summed E-state index contributed by atoms with van der Waals surface area (Å²) in [5.74, 6) is -0.464. The van der Waals surface area contributed by atoms with Crippen LogP contribution >= 0.6 is 11.6 Å².